The van der Waals surface area contributed by atoms with Gasteiger partial charge in [-0.3, -0.25) is 4.99 Å². The summed E-state index contributed by atoms with van der Waals surface area (Å²) in [6, 6.07) is 32.7. The van der Waals surface area contributed by atoms with Gasteiger partial charge in [0, 0.05) is 18.2 Å². The molecule has 4 rings (SSSR count). The summed E-state index contributed by atoms with van der Waals surface area (Å²) in [7, 11) is 0. The number of hydrogen-bond donors (Lipinski definition) is 1. The van der Waals surface area contributed by atoms with Gasteiger partial charge in [0.1, 0.15) is 5.60 Å². The Morgan fingerprint density at radius 1 is 0.742 bits per heavy atom. The first kappa shape index (κ1) is 21.3. The van der Waals surface area contributed by atoms with E-state index in [4.69, 9.17) is 28.2 Å². The highest BCUT2D eigenvalue weighted by atomic mass is 35.5. The Bertz CT molecular complexity index is 1190. The number of para-hydroxylation sites is 1. The highest BCUT2D eigenvalue weighted by Crippen LogP contribution is 2.38. The van der Waals surface area contributed by atoms with E-state index in [1.165, 1.54) is 0 Å². The molecule has 0 aliphatic rings. The molecule has 4 aromatic rings. The van der Waals surface area contributed by atoms with Crippen LogP contribution in [0.5, 0.6) is 0 Å². The van der Waals surface area contributed by atoms with Crippen molar-refractivity contribution in [3.8, 4) is 0 Å². The van der Waals surface area contributed by atoms with Crippen LogP contribution >= 0.6 is 23.2 Å². The van der Waals surface area contributed by atoms with Crippen LogP contribution in [0.2, 0.25) is 10.0 Å². The molecular formula is C27H21Cl2NO. The average molecular weight is 446 g/mol. The fourth-order valence-electron chi connectivity index (χ4n) is 3.63. The molecule has 0 spiro atoms. The predicted molar refractivity (Wildman–Crippen MR) is 130 cm³/mol. The number of rotatable bonds is 6. The number of aliphatic imine (C=N–C) groups is 1. The molecule has 0 heterocycles. The molecular weight excluding hydrogens is 425 g/mol. The molecule has 1 atom stereocenters. The van der Waals surface area contributed by atoms with Crippen molar-refractivity contribution in [2.75, 3.05) is 0 Å². The normalized spacial score (nSPS) is 13.3. The third-order valence-electron chi connectivity index (χ3n) is 5.20. The summed E-state index contributed by atoms with van der Waals surface area (Å²) in [5, 5.41) is 13.0. The van der Waals surface area contributed by atoms with E-state index >= 15 is 0 Å². The van der Waals surface area contributed by atoms with Crippen LogP contribution < -0.4 is 0 Å². The first-order valence-corrected chi connectivity index (χ1v) is 10.7. The second-order valence-corrected chi connectivity index (χ2v) is 8.15. The molecule has 0 amide bonds. The Morgan fingerprint density at radius 3 is 2.10 bits per heavy atom. The molecule has 4 aromatic carbocycles. The van der Waals surface area contributed by atoms with Gasteiger partial charge in [0.2, 0.25) is 0 Å². The molecule has 0 fully saturated rings. The van der Waals surface area contributed by atoms with Gasteiger partial charge in [-0.2, -0.15) is 0 Å². The highest BCUT2D eigenvalue weighted by molar-refractivity contribution is 6.42. The lowest BCUT2D eigenvalue weighted by molar-refractivity contribution is 0.0817. The van der Waals surface area contributed by atoms with E-state index in [0.29, 0.717) is 22.2 Å². The third kappa shape index (κ3) is 4.88. The number of aliphatic hydroxyl groups is 1. The summed E-state index contributed by atoms with van der Waals surface area (Å²) in [6.45, 7) is 0. The monoisotopic (exact) mass is 445 g/mol. The van der Waals surface area contributed by atoms with Gasteiger partial charge in [-0.15, -0.1) is 0 Å². The topological polar surface area (TPSA) is 32.6 Å². The fraction of sp³-hybridized carbons (Fsp3) is 0.0741. The summed E-state index contributed by atoms with van der Waals surface area (Å²) >= 11 is 12.2. The van der Waals surface area contributed by atoms with Crippen LogP contribution in [0.3, 0.4) is 0 Å². The molecule has 4 heteroatoms. The van der Waals surface area contributed by atoms with Crippen molar-refractivity contribution in [2.24, 2.45) is 4.99 Å². The van der Waals surface area contributed by atoms with E-state index in [2.05, 4.69) is 0 Å². The van der Waals surface area contributed by atoms with Crippen LogP contribution in [0, 0.1) is 0 Å². The quantitative estimate of drug-likeness (QED) is 0.312. The van der Waals surface area contributed by atoms with Crippen molar-refractivity contribution >= 4 is 35.1 Å². The van der Waals surface area contributed by atoms with Gasteiger partial charge < -0.3 is 5.11 Å². The van der Waals surface area contributed by atoms with Crippen LogP contribution in [-0.2, 0) is 12.0 Å². The highest BCUT2D eigenvalue weighted by Gasteiger charge is 2.33. The van der Waals surface area contributed by atoms with Crippen molar-refractivity contribution in [2.45, 2.75) is 12.0 Å². The Kier molecular flexibility index (Phi) is 6.53. The number of nitrogens with zero attached hydrogens (tertiary/aromatic N) is 1. The lowest BCUT2D eigenvalue weighted by atomic mass is 9.80. The summed E-state index contributed by atoms with van der Waals surface area (Å²) in [5.41, 5.74) is 2.87. The number of halogens is 2. The van der Waals surface area contributed by atoms with Crippen molar-refractivity contribution in [1.29, 1.82) is 0 Å². The first-order chi connectivity index (χ1) is 15.1. The molecule has 0 bridgehead atoms. The van der Waals surface area contributed by atoms with Gasteiger partial charge in [-0.1, -0.05) is 108 Å². The van der Waals surface area contributed by atoms with Crippen LogP contribution in [0.25, 0.3) is 0 Å². The zero-order valence-corrected chi connectivity index (χ0v) is 18.3. The maximum Gasteiger partial charge on any atom is 0.121 e. The lowest BCUT2D eigenvalue weighted by Gasteiger charge is -2.30. The maximum absolute atomic E-state index is 12.1. The molecule has 154 valence electrons. The zero-order chi connectivity index (χ0) is 21.7. The minimum atomic E-state index is -1.24. The third-order valence-corrected chi connectivity index (χ3v) is 5.94. The van der Waals surface area contributed by atoms with E-state index in [0.717, 1.165) is 22.3 Å². The van der Waals surface area contributed by atoms with Gasteiger partial charge in [-0.25, -0.2) is 0 Å². The molecule has 0 aromatic heterocycles. The summed E-state index contributed by atoms with van der Waals surface area (Å²) in [6.07, 6.45) is 2.16. The average Bonchev–Trinajstić information content (AvgIpc) is 2.81. The van der Waals surface area contributed by atoms with E-state index in [9.17, 15) is 5.11 Å². The number of benzene rings is 4. The molecule has 2 nitrogen and oxygen atoms in total. The number of hydrogen-bond acceptors (Lipinski definition) is 2. The van der Waals surface area contributed by atoms with Crippen LogP contribution in [0.4, 0.5) is 5.69 Å². The minimum Gasteiger partial charge on any atom is -0.380 e. The smallest absolute Gasteiger partial charge is 0.121 e. The minimum absolute atomic E-state index is 0.428. The van der Waals surface area contributed by atoms with E-state index in [-0.39, 0.29) is 0 Å². The zero-order valence-electron chi connectivity index (χ0n) is 16.7. The summed E-state index contributed by atoms with van der Waals surface area (Å²) in [5.74, 6) is 0. The van der Waals surface area contributed by atoms with Gasteiger partial charge in [0.15, 0.2) is 0 Å². The maximum atomic E-state index is 12.1. The van der Waals surface area contributed by atoms with Crippen LogP contribution in [0.1, 0.15) is 22.3 Å². The molecule has 0 aliphatic heterocycles. The molecule has 0 saturated heterocycles. The second-order valence-electron chi connectivity index (χ2n) is 7.34. The summed E-state index contributed by atoms with van der Waals surface area (Å²) < 4.78 is 0. The second kappa shape index (κ2) is 9.49. The van der Waals surface area contributed by atoms with Gasteiger partial charge in [0.25, 0.3) is 0 Å². The first-order valence-electron chi connectivity index (χ1n) is 9.97. The van der Waals surface area contributed by atoms with Crippen LogP contribution in [-0.4, -0.2) is 11.3 Å². The SMILES string of the molecule is O[C@@](Cc1ccccc1)(c1ccccc1)c1ccccc1N=Cc1ccc(Cl)c(Cl)c1. The fourth-order valence-corrected chi connectivity index (χ4v) is 3.94. The molecule has 0 aliphatic carbocycles. The lowest BCUT2D eigenvalue weighted by Crippen LogP contribution is -2.30. The molecule has 31 heavy (non-hydrogen) atoms. The van der Waals surface area contributed by atoms with Crippen molar-refractivity contribution in [3.63, 3.8) is 0 Å². The van der Waals surface area contributed by atoms with E-state index < -0.39 is 5.60 Å². The van der Waals surface area contributed by atoms with Gasteiger partial charge in [0.05, 0.1) is 15.7 Å². The van der Waals surface area contributed by atoms with Gasteiger partial charge >= 0.3 is 0 Å². The Hall–Kier alpha value is -2.91. The standard InChI is InChI=1S/C27H21Cl2NO/c28-24-16-15-21(17-25(24)29)19-30-26-14-8-7-13-23(26)27(31,22-11-5-2-6-12-22)18-20-9-3-1-4-10-20/h1-17,19,31H,18H2/t27-/m0/s1. The van der Waals surface area contributed by atoms with Crippen molar-refractivity contribution in [1.82, 2.24) is 0 Å². The predicted octanol–water partition coefficient (Wildman–Crippen LogP) is 7.22. The molecule has 0 radical (unpaired) electrons. The summed E-state index contributed by atoms with van der Waals surface area (Å²) in [4.78, 5) is 4.69. The Morgan fingerprint density at radius 2 is 1.39 bits per heavy atom. The largest absolute Gasteiger partial charge is 0.380 e. The van der Waals surface area contributed by atoms with Crippen LogP contribution in [0.15, 0.2) is 108 Å². The molecule has 0 unspecified atom stereocenters. The van der Waals surface area contributed by atoms with E-state index in [1.54, 1.807) is 18.3 Å². The Balaban J connectivity index is 1.79. The van der Waals surface area contributed by atoms with E-state index in [1.807, 2.05) is 91.0 Å². The Labute approximate surface area is 192 Å². The molecule has 1 N–H and O–H groups in total. The van der Waals surface area contributed by atoms with Crippen molar-refractivity contribution < 1.29 is 5.11 Å². The molecule has 0 saturated carbocycles. The van der Waals surface area contributed by atoms with Crippen molar-refractivity contribution in [3.05, 3.63) is 135 Å². The van der Waals surface area contributed by atoms with Gasteiger partial charge in [-0.05, 0) is 34.9 Å².